The maximum absolute atomic E-state index is 11.2. The largest absolute Gasteiger partial charge is 0.323 e. The molecule has 3 aromatic carbocycles. The number of hydrogen-bond acceptors (Lipinski definition) is 2. The Bertz CT molecular complexity index is 928. The van der Waals surface area contributed by atoms with Gasteiger partial charge in [0.1, 0.15) is 0 Å². The lowest BCUT2D eigenvalue weighted by atomic mass is 10.0. The summed E-state index contributed by atoms with van der Waals surface area (Å²) in [7, 11) is 0. The molecule has 4 aromatic rings. The van der Waals surface area contributed by atoms with Gasteiger partial charge in [-0.15, -0.1) is 0 Å². The van der Waals surface area contributed by atoms with Crippen LogP contribution in [-0.2, 0) is 4.79 Å². The average Bonchev–Trinajstić information content (AvgIpc) is 2.91. The van der Waals surface area contributed by atoms with Crippen LogP contribution >= 0.6 is 0 Å². The van der Waals surface area contributed by atoms with Crippen molar-refractivity contribution in [1.29, 1.82) is 0 Å². The summed E-state index contributed by atoms with van der Waals surface area (Å²) in [5.41, 5.74) is 1.83. The molecule has 0 aliphatic carbocycles. The minimum atomic E-state index is -0.136. The molecule has 21 heavy (non-hydrogen) atoms. The van der Waals surface area contributed by atoms with E-state index in [1.165, 1.54) is 17.7 Å². The highest BCUT2D eigenvalue weighted by Crippen LogP contribution is 2.34. The van der Waals surface area contributed by atoms with Gasteiger partial charge in [-0.2, -0.15) is 0 Å². The summed E-state index contributed by atoms with van der Waals surface area (Å²) in [5.74, 6) is 0.349. The summed E-state index contributed by atoms with van der Waals surface area (Å²) >= 11 is 0. The molecule has 0 aliphatic rings. The molecule has 0 bridgehead atoms. The normalized spacial score (nSPS) is 11.3. The van der Waals surface area contributed by atoms with Crippen LogP contribution < -0.4 is 5.32 Å². The molecule has 0 saturated heterocycles. The van der Waals surface area contributed by atoms with Crippen LogP contribution in [0.2, 0.25) is 0 Å². The number of anilines is 1. The Hall–Kier alpha value is -2.88. The van der Waals surface area contributed by atoms with E-state index in [-0.39, 0.29) is 5.91 Å². The summed E-state index contributed by atoms with van der Waals surface area (Å²) in [6.07, 6.45) is 0. The predicted molar refractivity (Wildman–Crippen MR) is 85.4 cm³/mol. The van der Waals surface area contributed by atoms with Crippen LogP contribution in [-0.4, -0.2) is 15.9 Å². The molecule has 1 aromatic heterocycles. The smallest absolute Gasteiger partial charge is 0.223 e. The van der Waals surface area contributed by atoms with Crippen LogP contribution in [0.1, 0.15) is 6.92 Å². The lowest BCUT2D eigenvalue weighted by Gasteiger charge is -2.05. The number of benzene rings is 3. The number of rotatable bonds is 1. The van der Waals surface area contributed by atoms with E-state index in [1.807, 2.05) is 24.3 Å². The molecule has 0 saturated carbocycles. The SMILES string of the molecule is CC(=O)Nc1nc2c3ccccc3c3ccccc3c2[nH]1. The molecule has 2 N–H and O–H groups in total. The first-order valence-corrected chi connectivity index (χ1v) is 6.81. The second kappa shape index (κ2) is 4.31. The highest BCUT2D eigenvalue weighted by atomic mass is 16.1. The van der Waals surface area contributed by atoms with Crippen molar-refractivity contribution >= 4 is 44.4 Å². The van der Waals surface area contributed by atoms with Gasteiger partial charge in [-0.1, -0.05) is 48.5 Å². The molecule has 4 heteroatoms. The van der Waals surface area contributed by atoms with Crippen LogP contribution in [0, 0.1) is 0 Å². The maximum atomic E-state index is 11.2. The number of carbonyl (C=O) groups excluding carboxylic acids is 1. The number of H-pyrrole nitrogens is 1. The van der Waals surface area contributed by atoms with E-state index in [0.29, 0.717) is 5.95 Å². The summed E-state index contributed by atoms with van der Waals surface area (Å²) < 4.78 is 0. The Morgan fingerprint density at radius 3 is 2.19 bits per heavy atom. The minimum absolute atomic E-state index is 0.136. The molecule has 0 unspecified atom stereocenters. The highest BCUT2D eigenvalue weighted by molar-refractivity contribution is 6.23. The van der Waals surface area contributed by atoms with Crippen molar-refractivity contribution in [2.24, 2.45) is 0 Å². The first-order chi connectivity index (χ1) is 10.2. The molecule has 4 nitrogen and oxygen atoms in total. The maximum Gasteiger partial charge on any atom is 0.223 e. The number of aromatic nitrogens is 2. The molecule has 0 spiro atoms. The third-order valence-corrected chi connectivity index (χ3v) is 3.67. The van der Waals surface area contributed by atoms with E-state index >= 15 is 0 Å². The van der Waals surface area contributed by atoms with Crippen molar-refractivity contribution in [1.82, 2.24) is 9.97 Å². The van der Waals surface area contributed by atoms with Crippen LogP contribution in [0.4, 0.5) is 5.95 Å². The Kier molecular flexibility index (Phi) is 2.44. The second-order valence-corrected chi connectivity index (χ2v) is 5.08. The molecular formula is C17H13N3O. The van der Waals surface area contributed by atoms with Gasteiger partial charge in [0.2, 0.25) is 11.9 Å². The van der Waals surface area contributed by atoms with E-state index < -0.39 is 0 Å². The van der Waals surface area contributed by atoms with Crippen LogP contribution in [0.25, 0.3) is 32.6 Å². The number of carbonyl (C=O) groups is 1. The molecule has 4 rings (SSSR count). The van der Waals surface area contributed by atoms with Crippen LogP contribution in [0.3, 0.4) is 0 Å². The summed E-state index contributed by atoms with van der Waals surface area (Å²) in [6.45, 7) is 1.48. The Morgan fingerprint density at radius 1 is 0.952 bits per heavy atom. The molecule has 102 valence electrons. The average molecular weight is 275 g/mol. The molecule has 0 atom stereocenters. The third-order valence-electron chi connectivity index (χ3n) is 3.67. The fraction of sp³-hybridized carbons (Fsp3) is 0.0588. The van der Waals surface area contributed by atoms with Crippen molar-refractivity contribution in [3.63, 3.8) is 0 Å². The van der Waals surface area contributed by atoms with Gasteiger partial charge in [-0.05, 0) is 10.8 Å². The quantitative estimate of drug-likeness (QED) is 0.519. The molecule has 0 radical (unpaired) electrons. The van der Waals surface area contributed by atoms with Crippen molar-refractivity contribution in [2.45, 2.75) is 6.92 Å². The van der Waals surface area contributed by atoms with Crippen molar-refractivity contribution in [3.8, 4) is 0 Å². The summed E-state index contributed by atoms with van der Waals surface area (Å²) in [5, 5.41) is 7.25. The van der Waals surface area contributed by atoms with Crippen LogP contribution in [0.5, 0.6) is 0 Å². The van der Waals surface area contributed by atoms with Gasteiger partial charge >= 0.3 is 0 Å². The fourth-order valence-corrected chi connectivity index (χ4v) is 2.85. The van der Waals surface area contributed by atoms with Gasteiger partial charge in [0, 0.05) is 17.7 Å². The highest BCUT2D eigenvalue weighted by Gasteiger charge is 2.12. The second-order valence-electron chi connectivity index (χ2n) is 5.08. The standard InChI is InChI=1S/C17H13N3O/c1-10(21)18-17-19-15-13-8-4-2-6-11(13)12-7-3-5-9-14(12)16(15)20-17/h2-9H,1H3,(H2,18,19,20,21). The van der Waals surface area contributed by atoms with Crippen LogP contribution in [0.15, 0.2) is 48.5 Å². The predicted octanol–water partition coefficient (Wildman–Crippen LogP) is 3.83. The number of imidazole rings is 1. The molecule has 1 heterocycles. The summed E-state index contributed by atoms with van der Waals surface area (Å²) in [4.78, 5) is 19.0. The number of aromatic amines is 1. The summed E-state index contributed by atoms with van der Waals surface area (Å²) in [6, 6.07) is 16.4. The Labute approximate surface area is 120 Å². The number of amides is 1. The zero-order valence-electron chi connectivity index (χ0n) is 11.5. The monoisotopic (exact) mass is 275 g/mol. The van der Waals surface area contributed by atoms with E-state index in [2.05, 4.69) is 39.6 Å². The first kappa shape index (κ1) is 11.9. The molecular weight excluding hydrogens is 262 g/mol. The van der Waals surface area contributed by atoms with Gasteiger partial charge in [0.25, 0.3) is 0 Å². The first-order valence-electron chi connectivity index (χ1n) is 6.81. The van der Waals surface area contributed by atoms with Gasteiger partial charge in [-0.25, -0.2) is 4.98 Å². The lowest BCUT2D eigenvalue weighted by Crippen LogP contribution is -2.06. The lowest BCUT2D eigenvalue weighted by molar-refractivity contribution is -0.114. The third kappa shape index (κ3) is 1.76. The number of nitrogens with zero attached hydrogens (tertiary/aromatic N) is 1. The zero-order chi connectivity index (χ0) is 14.4. The van der Waals surface area contributed by atoms with Gasteiger partial charge in [0.15, 0.2) is 0 Å². The van der Waals surface area contributed by atoms with E-state index in [9.17, 15) is 4.79 Å². The van der Waals surface area contributed by atoms with E-state index in [1.54, 1.807) is 0 Å². The zero-order valence-corrected chi connectivity index (χ0v) is 11.5. The van der Waals surface area contributed by atoms with Crippen molar-refractivity contribution < 1.29 is 4.79 Å². The molecule has 0 fully saturated rings. The molecule has 0 aliphatic heterocycles. The Balaban J connectivity index is 2.21. The topological polar surface area (TPSA) is 57.8 Å². The van der Waals surface area contributed by atoms with E-state index in [4.69, 9.17) is 0 Å². The van der Waals surface area contributed by atoms with E-state index in [0.717, 1.165) is 21.8 Å². The van der Waals surface area contributed by atoms with Gasteiger partial charge in [0.05, 0.1) is 11.0 Å². The number of fused-ring (bicyclic) bond motifs is 6. The molecule has 1 amide bonds. The number of nitrogens with one attached hydrogen (secondary N) is 2. The Morgan fingerprint density at radius 2 is 1.52 bits per heavy atom. The number of hydrogen-bond donors (Lipinski definition) is 2. The van der Waals surface area contributed by atoms with Crippen molar-refractivity contribution in [2.75, 3.05) is 5.32 Å². The fourth-order valence-electron chi connectivity index (χ4n) is 2.85. The minimum Gasteiger partial charge on any atom is -0.323 e. The van der Waals surface area contributed by atoms with Gasteiger partial charge in [-0.3, -0.25) is 10.1 Å². The van der Waals surface area contributed by atoms with Gasteiger partial charge < -0.3 is 4.98 Å². The van der Waals surface area contributed by atoms with Crippen molar-refractivity contribution in [3.05, 3.63) is 48.5 Å².